The Balaban J connectivity index is 1.58. The second-order valence-corrected chi connectivity index (χ2v) is 8.84. The summed E-state index contributed by atoms with van der Waals surface area (Å²) in [4.78, 5) is 23.5. The number of aliphatic hydroxyl groups is 1. The molecular formula is C19H26N4O3S. The Labute approximate surface area is 163 Å². The van der Waals surface area contributed by atoms with E-state index in [0.717, 1.165) is 23.5 Å². The minimum Gasteiger partial charge on any atom is -0.441 e. The van der Waals surface area contributed by atoms with Gasteiger partial charge in [-0.1, -0.05) is 32.1 Å². The van der Waals surface area contributed by atoms with Crippen LogP contribution in [0.15, 0.2) is 16.8 Å². The number of urea groups is 1. The average Bonchev–Trinajstić information content (AvgIpc) is 3.29. The van der Waals surface area contributed by atoms with Crippen molar-refractivity contribution in [2.45, 2.75) is 39.0 Å². The van der Waals surface area contributed by atoms with Crippen molar-refractivity contribution in [1.29, 1.82) is 0 Å². The maximum absolute atomic E-state index is 12.4. The summed E-state index contributed by atoms with van der Waals surface area (Å²) >= 11 is 1.39. The molecule has 1 atom stereocenters. The molecule has 3 heterocycles. The molecule has 2 aromatic rings. The third-order valence-corrected chi connectivity index (χ3v) is 5.33. The van der Waals surface area contributed by atoms with Gasteiger partial charge in [0.15, 0.2) is 5.13 Å². The van der Waals surface area contributed by atoms with Gasteiger partial charge in [-0.3, -0.25) is 5.32 Å². The Morgan fingerprint density at radius 3 is 2.93 bits per heavy atom. The first-order valence-corrected chi connectivity index (χ1v) is 9.94. The summed E-state index contributed by atoms with van der Waals surface area (Å²) in [5, 5.41) is 12.7. The van der Waals surface area contributed by atoms with Crippen molar-refractivity contribution in [3.8, 4) is 0 Å². The SMILES string of the molecule is CC(C)(C)c1cnc(/C=C/c2cnc(NC(=O)N3CCCC(CO)C3)s2)o1. The summed E-state index contributed by atoms with van der Waals surface area (Å²) in [6.45, 7) is 7.63. The minimum atomic E-state index is -0.166. The van der Waals surface area contributed by atoms with E-state index in [9.17, 15) is 9.90 Å². The van der Waals surface area contributed by atoms with E-state index in [1.807, 2.05) is 6.08 Å². The van der Waals surface area contributed by atoms with Gasteiger partial charge in [-0.2, -0.15) is 0 Å². The van der Waals surface area contributed by atoms with Crippen LogP contribution in [0.25, 0.3) is 12.2 Å². The molecule has 3 rings (SSSR count). The van der Waals surface area contributed by atoms with Crippen LogP contribution < -0.4 is 5.32 Å². The smallest absolute Gasteiger partial charge is 0.323 e. The maximum Gasteiger partial charge on any atom is 0.323 e. The van der Waals surface area contributed by atoms with Crippen molar-refractivity contribution in [2.75, 3.05) is 25.0 Å². The van der Waals surface area contributed by atoms with E-state index in [2.05, 4.69) is 36.1 Å². The van der Waals surface area contributed by atoms with Crippen molar-refractivity contribution in [3.63, 3.8) is 0 Å². The highest BCUT2D eigenvalue weighted by molar-refractivity contribution is 7.16. The van der Waals surface area contributed by atoms with Gasteiger partial charge in [0.2, 0.25) is 5.89 Å². The first kappa shape index (κ1) is 19.6. The first-order chi connectivity index (χ1) is 12.8. The Hall–Kier alpha value is -2.19. The van der Waals surface area contributed by atoms with Crippen LogP contribution in [0.4, 0.5) is 9.93 Å². The van der Waals surface area contributed by atoms with Crippen LogP contribution in [-0.2, 0) is 5.41 Å². The Kier molecular flexibility index (Phi) is 5.96. The number of aliphatic hydroxyl groups excluding tert-OH is 1. The highest BCUT2D eigenvalue weighted by Gasteiger charge is 2.23. The number of likely N-dealkylation sites (tertiary alicyclic amines) is 1. The van der Waals surface area contributed by atoms with Gasteiger partial charge < -0.3 is 14.4 Å². The number of carbonyl (C=O) groups is 1. The number of nitrogens with one attached hydrogen (secondary N) is 1. The van der Waals surface area contributed by atoms with Crippen molar-refractivity contribution in [3.05, 3.63) is 28.9 Å². The van der Waals surface area contributed by atoms with Gasteiger partial charge in [0, 0.05) is 42.3 Å². The second-order valence-electron chi connectivity index (χ2n) is 7.78. The summed E-state index contributed by atoms with van der Waals surface area (Å²) in [5.74, 6) is 1.54. The molecule has 0 aromatic carbocycles. The molecule has 1 fully saturated rings. The number of piperidine rings is 1. The molecule has 1 unspecified atom stereocenters. The standard InChI is InChI=1S/C19H26N4O3S/c1-19(2,3)15-10-20-16(26-15)7-6-14-9-21-17(27-14)22-18(25)23-8-4-5-13(11-23)12-24/h6-7,9-10,13,24H,4-5,8,11-12H2,1-3H3,(H,21,22,25)/b7-6+. The van der Waals surface area contributed by atoms with Crippen LogP contribution in [-0.4, -0.2) is 45.7 Å². The highest BCUT2D eigenvalue weighted by Crippen LogP contribution is 2.25. The predicted molar refractivity (Wildman–Crippen MR) is 107 cm³/mol. The molecule has 27 heavy (non-hydrogen) atoms. The zero-order valence-electron chi connectivity index (χ0n) is 15.9. The van der Waals surface area contributed by atoms with Crippen molar-refractivity contribution >= 4 is 34.7 Å². The van der Waals surface area contributed by atoms with Gasteiger partial charge >= 0.3 is 6.03 Å². The molecule has 0 spiro atoms. The fraction of sp³-hybridized carbons (Fsp3) is 0.526. The van der Waals surface area contributed by atoms with Crippen LogP contribution in [0.5, 0.6) is 0 Å². The van der Waals surface area contributed by atoms with E-state index in [-0.39, 0.29) is 24.0 Å². The monoisotopic (exact) mass is 390 g/mol. The third kappa shape index (κ3) is 5.17. The summed E-state index contributed by atoms with van der Waals surface area (Å²) < 4.78 is 5.73. The number of rotatable bonds is 4. The lowest BCUT2D eigenvalue weighted by Gasteiger charge is -2.31. The number of anilines is 1. The van der Waals surface area contributed by atoms with Gasteiger partial charge in [0.25, 0.3) is 0 Å². The van der Waals surface area contributed by atoms with Crippen molar-refractivity contribution in [2.24, 2.45) is 5.92 Å². The normalized spacial score (nSPS) is 18.2. The van der Waals surface area contributed by atoms with Crippen molar-refractivity contribution < 1.29 is 14.3 Å². The van der Waals surface area contributed by atoms with Gasteiger partial charge in [0.05, 0.1) is 6.20 Å². The van der Waals surface area contributed by atoms with Gasteiger partial charge in [-0.25, -0.2) is 14.8 Å². The van der Waals surface area contributed by atoms with Crippen LogP contribution >= 0.6 is 11.3 Å². The first-order valence-electron chi connectivity index (χ1n) is 9.12. The molecule has 7 nitrogen and oxygen atoms in total. The van der Waals surface area contributed by atoms with Crippen LogP contribution in [0, 0.1) is 5.92 Å². The fourth-order valence-corrected chi connectivity index (χ4v) is 3.56. The van der Waals surface area contributed by atoms with Crippen molar-refractivity contribution in [1.82, 2.24) is 14.9 Å². The van der Waals surface area contributed by atoms with E-state index in [1.165, 1.54) is 11.3 Å². The van der Waals surface area contributed by atoms with E-state index >= 15 is 0 Å². The largest absolute Gasteiger partial charge is 0.441 e. The predicted octanol–water partition coefficient (Wildman–Crippen LogP) is 3.84. The molecule has 0 aliphatic carbocycles. The zero-order valence-corrected chi connectivity index (χ0v) is 16.8. The Morgan fingerprint density at radius 1 is 1.41 bits per heavy atom. The number of nitrogens with zero attached hydrogens (tertiary/aromatic N) is 3. The molecule has 2 amide bonds. The van der Waals surface area contributed by atoms with Gasteiger partial charge in [0.1, 0.15) is 5.76 Å². The van der Waals surface area contributed by atoms with E-state index in [4.69, 9.17) is 4.42 Å². The fourth-order valence-electron chi connectivity index (χ4n) is 2.86. The van der Waals surface area contributed by atoms with Gasteiger partial charge in [-0.05, 0) is 24.8 Å². The molecule has 1 saturated heterocycles. The second kappa shape index (κ2) is 8.22. The molecule has 2 N–H and O–H groups in total. The molecule has 0 bridgehead atoms. The number of hydrogen-bond donors (Lipinski definition) is 2. The van der Waals surface area contributed by atoms with Crippen LogP contribution in [0.2, 0.25) is 0 Å². The highest BCUT2D eigenvalue weighted by atomic mass is 32.1. The number of thiazole rings is 1. The molecule has 1 aliphatic heterocycles. The number of carbonyl (C=O) groups excluding carboxylic acids is 1. The lowest BCUT2D eigenvalue weighted by Crippen LogP contribution is -2.43. The van der Waals surface area contributed by atoms with E-state index in [1.54, 1.807) is 23.4 Å². The molecule has 1 aliphatic rings. The topological polar surface area (TPSA) is 91.5 Å². The molecule has 8 heteroatoms. The number of amides is 2. The van der Waals surface area contributed by atoms with Gasteiger partial charge in [-0.15, -0.1) is 0 Å². The number of hydrogen-bond acceptors (Lipinski definition) is 6. The number of aromatic nitrogens is 2. The lowest BCUT2D eigenvalue weighted by atomic mass is 9.94. The maximum atomic E-state index is 12.4. The molecule has 146 valence electrons. The molecule has 0 saturated carbocycles. The average molecular weight is 391 g/mol. The van der Waals surface area contributed by atoms with Crippen LogP contribution in [0.3, 0.4) is 0 Å². The summed E-state index contributed by atoms with van der Waals surface area (Å²) in [6, 6.07) is -0.166. The molecular weight excluding hydrogens is 364 g/mol. The summed E-state index contributed by atoms with van der Waals surface area (Å²) in [6.07, 6.45) is 8.99. The minimum absolute atomic E-state index is 0.0789. The van der Waals surface area contributed by atoms with Crippen LogP contribution in [0.1, 0.15) is 50.1 Å². The molecule has 2 aromatic heterocycles. The van der Waals surface area contributed by atoms with E-state index < -0.39 is 0 Å². The summed E-state index contributed by atoms with van der Waals surface area (Å²) in [7, 11) is 0. The summed E-state index contributed by atoms with van der Waals surface area (Å²) in [5.41, 5.74) is -0.0789. The zero-order chi connectivity index (χ0) is 19.4. The Bertz CT molecular complexity index is 806. The molecule has 0 radical (unpaired) electrons. The van der Waals surface area contributed by atoms with E-state index in [0.29, 0.717) is 24.1 Å². The Morgan fingerprint density at radius 2 is 2.22 bits per heavy atom. The quantitative estimate of drug-likeness (QED) is 0.828. The lowest BCUT2D eigenvalue weighted by molar-refractivity contribution is 0.136. The third-order valence-electron chi connectivity index (χ3n) is 4.45. The number of oxazole rings is 1.